The molecule has 0 radical (unpaired) electrons. The molecule has 0 spiro atoms. The van der Waals surface area contributed by atoms with Gasteiger partial charge in [-0.2, -0.15) is 5.10 Å². The molecule has 0 aromatic carbocycles. The van der Waals surface area contributed by atoms with Gasteiger partial charge in [-0.1, -0.05) is 13.3 Å². The second kappa shape index (κ2) is 5.42. The number of aromatic nitrogens is 2. The van der Waals surface area contributed by atoms with Crippen molar-refractivity contribution in [2.45, 2.75) is 39.2 Å². The SMILES string of the molecule is CCCCn1cc(CCC(=O)O)cn1. The van der Waals surface area contributed by atoms with E-state index in [0.29, 0.717) is 6.42 Å². The van der Waals surface area contributed by atoms with E-state index in [4.69, 9.17) is 5.11 Å². The molecule has 78 valence electrons. The number of hydrogen-bond acceptors (Lipinski definition) is 2. The van der Waals surface area contributed by atoms with Crippen molar-refractivity contribution < 1.29 is 9.90 Å². The molecule has 1 aromatic heterocycles. The summed E-state index contributed by atoms with van der Waals surface area (Å²) in [6.07, 6.45) is 6.68. The minimum absolute atomic E-state index is 0.180. The summed E-state index contributed by atoms with van der Waals surface area (Å²) in [6, 6.07) is 0. The highest BCUT2D eigenvalue weighted by molar-refractivity contribution is 5.67. The molecule has 4 heteroatoms. The number of carboxylic acid groups (broad SMARTS) is 1. The van der Waals surface area contributed by atoms with Crippen molar-refractivity contribution in [3.8, 4) is 0 Å². The molecule has 0 amide bonds. The quantitative estimate of drug-likeness (QED) is 0.753. The normalized spacial score (nSPS) is 10.4. The maximum atomic E-state index is 10.3. The summed E-state index contributed by atoms with van der Waals surface area (Å²) in [7, 11) is 0. The average molecular weight is 196 g/mol. The van der Waals surface area contributed by atoms with Gasteiger partial charge in [0.25, 0.3) is 0 Å². The number of aliphatic carboxylic acids is 1. The third kappa shape index (κ3) is 3.60. The zero-order valence-electron chi connectivity index (χ0n) is 8.44. The van der Waals surface area contributed by atoms with Crippen LogP contribution in [0.25, 0.3) is 0 Å². The highest BCUT2D eigenvalue weighted by Crippen LogP contribution is 2.03. The van der Waals surface area contributed by atoms with E-state index in [1.165, 1.54) is 0 Å². The van der Waals surface area contributed by atoms with Gasteiger partial charge in [0.2, 0.25) is 0 Å². The van der Waals surface area contributed by atoms with Crippen LogP contribution >= 0.6 is 0 Å². The topological polar surface area (TPSA) is 55.1 Å². The zero-order valence-corrected chi connectivity index (χ0v) is 8.44. The van der Waals surface area contributed by atoms with Crippen LogP contribution in [0, 0.1) is 0 Å². The number of carbonyl (C=O) groups is 1. The van der Waals surface area contributed by atoms with Crippen molar-refractivity contribution in [3.05, 3.63) is 18.0 Å². The van der Waals surface area contributed by atoms with Gasteiger partial charge in [0.05, 0.1) is 6.20 Å². The standard InChI is InChI=1S/C10H16N2O2/c1-2-3-6-12-8-9(7-11-12)4-5-10(13)14/h7-8H,2-6H2,1H3,(H,13,14). The first-order chi connectivity index (χ1) is 6.72. The molecule has 1 N–H and O–H groups in total. The number of nitrogens with zero attached hydrogens (tertiary/aromatic N) is 2. The average Bonchev–Trinajstić information content (AvgIpc) is 2.59. The van der Waals surface area contributed by atoms with E-state index < -0.39 is 5.97 Å². The summed E-state index contributed by atoms with van der Waals surface area (Å²) in [5.41, 5.74) is 1.00. The molecule has 0 saturated heterocycles. The van der Waals surface area contributed by atoms with Crippen molar-refractivity contribution in [1.29, 1.82) is 0 Å². The Hall–Kier alpha value is -1.32. The van der Waals surface area contributed by atoms with Gasteiger partial charge in [-0.3, -0.25) is 9.48 Å². The largest absolute Gasteiger partial charge is 0.481 e. The molecule has 0 atom stereocenters. The Bertz CT molecular complexity index is 294. The van der Waals surface area contributed by atoms with E-state index in [-0.39, 0.29) is 6.42 Å². The highest BCUT2D eigenvalue weighted by Gasteiger charge is 2.01. The second-order valence-corrected chi connectivity index (χ2v) is 3.36. The van der Waals surface area contributed by atoms with Crippen molar-refractivity contribution in [1.82, 2.24) is 9.78 Å². The maximum Gasteiger partial charge on any atom is 0.303 e. The van der Waals surface area contributed by atoms with Crippen molar-refractivity contribution >= 4 is 5.97 Å². The Morgan fingerprint density at radius 3 is 3.07 bits per heavy atom. The van der Waals surface area contributed by atoms with Crippen LogP contribution in [0.2, 0.25) is 0 Å². The molecule has 0 aliphatic carbocycles. The first kappa shape index (κ1) is 10.8. The van der Waals surface area contributed by atoms with E-state index in [1.807, 2.05) is 10.9 Å². The zero-order chi connectivity index (χ0) is 10.4. The Kier molecular flexibility index (Phi) is 4.16. The fraction of sp³-hybridized carbons (Fsp3) is 0.600. The lowest BCUT2D eigenvalue weighted by Gasteiger charge is -1.97. The Morgan fingerprint density at radius 2 is 2.43 bits per heavy atom. The predicted octanol–water partition coefficient (Wildman–Crippen LogP) is 1.70. The minimum Gasteiger partial charge on any atom is -0.481 e. The van der Waals surface area contributed by atoms with Crippen LogP contribution in [0.4, 0.5) is 0 Å². The minimum atomic E-state index is -0.758. The summed E-state index contributed by atoms with van der Waals surface area (Å²) in [4.78, 5) is 10.3. The molecule has 0 fully saturated rings. The first-order valence-electron chi connectivity index (χ1n) is 4.95. The third-order valence-corrected chi connectivity index (χ3v) is 2.06. The molecular weight excluding hydrogens is 180 g/mol. The lowest BCUT2D eigenvalue weighted by Crippen LogP contribution is -1.98. The summed E-state index contributed by atoms with van der Waals surface area (Å²) in [5.74, 6) is -0.758. The predicted molar refractivity (Wildman–Crippen MR) is 53.1 cm³/mol. The van der Waals surface area contributed by atoms with Crippen molar-refractivity contribution in [2.75, 3.05) is 0 Å². The lowest BCUT2D eigenvalue weighted by atomic mass is 10.2. The Balaban J connectivity index is 2.38. The second-order valence-electron chi connectivity index (χ2n) is 3.36. The van der Waals surface area contributed by atoms with Crippen LogP contribution in [0.5, 0.6) is 0 Å². The Labute approximate surface area is 83.5 Å². The summed E-state index contributed by atoms with van der Waals surface area (Å²) in [6.45, 7) is 3.05. The molecule has 1 rings (SSSR count). The van der Waals surface area contributed by atoms with Gasteiger partial charge in [-0.05, 0) is 18.4 Å². The van der Waals surface area contributed by atoms with Crippen molar-refractivity contribution in [2.24, 2.45) is 0 Å². The molecule has 1 heterocycles. The molecule has 1 aromatic rings. The maximum absolute atomic E-state index is 10.3. The molecule has 4 nitrogen and oxygen atoms in total. The summed E-state index contributed by atoms with van der Waals surface area (Å²) >= 11 is 0. The van der Waals surface area contributed by atoms with Gasteiger partial charge in [0.1, 0.15) is 0 Å². The number of carboxylic acids is 1. The first-order valence-corrected chi connectivity index (χ1v) is 4.95. The van der Waals surface area contributed by atoms with Crippen LogP contribution in [0.3, 0.4) is 0 Å². The summed E-state index contributed by atoms with van der Waals surface area (Å²) < 4.78 is 1.88. The highest BCUT2D eigenvalue weighted by atomic mass is 16.4. The number of rotatable bonds is 6. The van der Waals surface area contributed by atoms with Gasteiger partial charge in [-0.15, -0.1) is 0 Å². The molecule has 0 unspecified atom stereocenters. The Morgan fingerprint density at radius 1 is 1.64 bits per heavy atom. The van der Waals surface area contributed by atoms with Gasteiger partial charge in [0.15, 0.2) is 0 Å². The van der Waals surface area contributed by atoms with Crippen molar-refractivity contribution in [3.63, 3.8) is 0 Å². The molecule has 0 bridgehead atoms. The van der Waals surface area contributed by atoms with E-state index in [1.54, 1.807) is 6.20 Å². The smallest absolute Gasteiger partial charge is 0.303 e. The van der Waals surface area contributed by atoms with Crippen LogP contribution < -0.4 is 0 Å². The monoisotopic (exact) mass is 196 g/mol. The fourth-order valence-corrected chi connectivity index (χ4v) is 1.23. The van der Waals surface area contributed by atoms with Crippen LogP contribution in [0.15, 0.2) is 12.4 Å². The van der Waals surface area contributed by atoms with E-state index in [9.17, 15) is 4.79 Å². The molecule has 0 aliphatic heterocycles. The number of hydrogen-bond donors (Lipinski definition) is 1. The number of unbranched alkanes of at least 4 members (excludes halogenated alkanes) is 1. The molecular formula is C10H16N2O2. The van der Waals surface area contributed by atoms with Gasteiger partial charge < -0.3 is 5.11 Å². The third-order valence-electron chi connectivity index (χ3n) is 2.06. The molecule has 14 heavy (non-hydrogen) atoms. The van der Waals surface area contributed by atoms with E-state index in [0.717, 1.165) is 24.9 Å². The number of aryl methyl sites for hydroxylation is 2. The fourth-order valence-electron chi connectivity index (χ4n) is 1.23. The summed E-state index contributed by atoms with van der Waals surface area (Å²) in [5, 5.41) is 12.7. The van der Waals surface area contributed by atoms with Gasteiger partial charge in [-0.25, -0.2) is 0 Å². The van der Waals surface area contributed by atoms with Crippen LogP contribution in [0.1, 0.15) is 31.7 Å². The molecule has 0 saturated carbocycles. The van der Waals surface area contributed by atoms with E-state index >= 15 is 0 Å². The lowest BCUT2D eigenvalue weighted by molar-refractivity contribution is -0.136. The van der Waals surface area contributed by atoms with Crippen LogP contribution in [-0.2, 0) is 17.8 Å². The van der Waals surface area contributed by atoms with Gasteiger partial charge in [0, 0.05) is 19.2 Å². The van der Waals surface area contributed by atoms with E-state index in [2.05, 4.69) is 12.0 Å². The van der Waals surface area contributed by atoms with Crippen LogP contribution in [-0.4, -0.2) is 20.9 Å². The molecule has 0 aliphatic rings. The van der Waals surface area contributed by atoms with Gasteiger partial charge >= 0.3 is 5.97 Å².